The molecule has 0 aliphatic rings. The van der Waals surface area contributed by atoms with Crippen LogP contribution < -0.4 is 0 Å². The van der Waals surface area contributed by atoms with Gasteiger partial charge in [0, 0.05) is 47.8 Å². The molecule has 0 rings (SSSR count). The van der Waals surface area contributed by atoms with Crippen LogP contribution in [0.2, 0.25) is 0 Å². The Kier molecular flexibility index (Phi) is 6.64. The average molecular weight is 284 g/mol. The van der Waals surface area contributed by atoms with E-state index in [2.05, 4.69) is 4.52 Å². The molecule has 0 amide bonds. The summed E-state index contributed by atoms with van der Waals surface area (Å²) in [7, 11) is -4.57. The molecule has 0 saturated carbocycles. The van der Waals surface area contributed by atoms with Gasteiger partial charge in [-0.05, 0) is 0 Å². The van der Waals surface area contributed by atoms with E-state index in [1.54, 1.807) is 0 Å². The van der Waals surface area contributed by atoms with Gasteiger partial charge in [0.1, 0.15) is 0 Å². The Morgan fingerprint density at radius 2 is 1.89 bits per heavy atom. The van der Waals surface area contributed by atoms with Crippen LogP contribution in [0.1, 0.15) is 6.92 Å². The standard InChI is InChI=1S/C2H5O5P.Nd/c1-2(3)7-8(4,5)6;/h1H3,(H2,4,5,6);. The van der Waals surface area contributed by atoms with Gasteiger partial charge in [0.05, 0.1) is 0 Å². The SMILES string of the molecule is CC(=O)OP(=O)(O)O.[Nd]. The van der Waals surface area contributed by atoms with Crippen molar-refractivity contribution in [3.05, 3.63) is 0 Å². The monoisotopic (exact) mass is 282 g/mol. The van der Waals surface area contributed by atoms with Gasteiger partial charge in [-0.25, -0.2) is 4.57 Å². The number of rotatable bonds is 1. The first-order valence-electron chi connectivity index (χ1n) is 1.67. The van der Waals surface area contributed by atoms with Gasteiger partial charge in [-0.15, -0.1) is 0 Å². The predicted molar refractivity (Wildman–Crippen MR) is 23.8 cm³/mol. The molecule has 2 N–H and O–H groups in total. The maximum absolute atomic E-state index is 9.74. The number of phosphoric ester groups is 1. The Labute approximate surface area is 84.5 Å². The molecule has 52 valence electrons. The van der Waals surface area contributed by atoms with Crippen LogP contribution in [0.25, 0.3) is 0 Å². The molecule has 7 heteroatoms. The molecule has 0 aliphatic carbocycles. The summed E-state index contributed by atoms with van der Waals surface area (Å²) in [6.45, 7) is 0.916. The largest absolute Gasteiger partial charge is 0.526 e. The maximum Gasteiger partial charge on any atom is 0.526 e. The Bertz CT molecular complexity index is 138. The van der Waals surface area contributed by atoms with Crippen molar-refractivity contribution < 1.29 is 64.5 Å². The van der Waals surface area contributed by atoms with E-state index in [1.807, 2.05) is 0 Å². The van der Waals surface area contributed by atoms with E-state index in [9.17, 15) is 9.36 Å². The van der Waals surface area contributed by atoms with Crippen molar-refractivity contribution in [2.45, 2.75) is 6.92 Å². The van der Waals surface area contributed by atoms with Gasteiger partial charge >= 0.3 is 13.8 Å². The number of phosphoric acid groups is 1. The number of hydrogen-bond acceptors (Lipinski definition) is 3. The van der Waals surface area contributed by atoms with E-state index in [4.69, 9.17) is 9.79 Å². The molecular formula is C2H5NdO5P. The minimum Gasteiger partial charge on any atom is -0.371 e. The molecule has 0 saturated heterocycles. The molecule has 0 aliphatic heterocycles. The first-order valence-corrected chi connectivity index (χ1v) is 3.20. The van der Waals surface area contributed by atoms with Crippen LogP contribution in [0, 0.1) is 40.8 Å². The van der Waals surface area contributed by atoms with Crippen molar-refractivity contribution in [3.63, 3.8) is 0 Å². The molecule has 0 unspecified atom stereocenters. The third kappa shape index (κ3) is 12.2. The van der Waals surface area contributed by atoms with E-state index < -0.39 is 13.8 Å². The molecule has 5 nitrogen and oxygen atoms in total. The number of carbonyl (C=O) groups excluding carboxylic acids is 1. The Morgan fingerprint density at radius 1 is 1.56 bits per heavy atom. The van der Waals surface area contributed by atoms with Crippen LogP contribution in [0.5, 0.6) is 0 Å². The van der Waals surface area contributed by atoms with Gasteiger partial charge in [0.25, 0.3) is 0 Å². The van der Waals surface area contributed by atoms with E-state index in [0.29, 0.717) is 0 Å². The summed E-state index contributed by atoms with van der Waals surface area (Å²) in [4.78, 5) is 25.5. The first-order chi connectivity index (χ1) is 3.42. The zero-order valence-corrected chi connectivity index (χ0v) is 8.67. The summed E-state index contributed by atoms with van der Waals surface area (Å²) in [5.74, 6) is -0.988. The second-order valence-electron chi connectivity index (χ2n) is 1.07. The van der Waals surface area contributed by atoms with E-state index >= 15 is 0 Å². The third-order valence-electron chi connectivity index (χ3n) is 0.247. The van der Waals surface area contributed by atoms with Crippen molar-refractivity contribution in [2.24, 2.45) is 0 Å². The van der Waals surface area contributed by atoms with Crippen LogP contribution in [-0.2, 0) is 13.9 Å². The number of hydrogen-bond donors (Lipinski definition) is 2. The Morgan fingerprint density at radius 3 is 1.89 bits per heavy atom. The van der Waals surface area contributed by atoms with E-state index in [1.165, 1.54) is 0 Å². The van der Waals surface area contributed by atoms with Crippen molar-refractivity contribution in [1.82, 2.24) is 0 Å². The molecule has 0 spiro atoms. The molecular weight excluding hydrogens is 279 g/mol. The van der Waals surface area contributed by atoms with Crippen molar-refractivity contribution in [2.75, 3.05) is 0 Å². The maximum atomic E-state index is 9.74. The van der Waals surface area contributed by atoms with Crippen LogP contribution in [0.15, 0.2) is 0 Å². The van der Waals surface area contributed by atoms with Crippen molar-refractivity contribution in [1.29, 1.82) is 0 Å². The van der Waals surface area contributed by atoms with Crippen LogP contribution >= 0.6 is 7.82 Å². The van der Waals surface area contributed by atoms with E-state index in [-0.39, 0.29) is 40.8 Å². The third-order valence-corrected chi connectivity index (χ3v) is 0.742. The van der Waals surface area contributed by atoms with Crippen molar-refractivity contribution in [3.8, 4) is 0 Å². The summed E-state index contributed by atoms with van der Waals surface area (Å²) >= 11 is 0. The topological polar surface area (TPSA) is 83.8 Å². The van der Waals surface area contributed by atoms with Crippen LogP contribution in [0.4, 0.5) is 0 Å². The molecule has 0 atom stereocenters. The molecule has 9 heavy (non-hydrogen) atoms. The van der Waals surface area contributed by atoms with Gasteiger partial charge in [-0.3, -0.25) is 14.6 Å². The Hall–Kier alpha value is 0.971. The van der Waals surface area contributed by atoms with E-state index in [0.717, 1.165) is 6.92 Å². The predicted octanol–water partition coefficient (Wildman–Crippen LogP) is -0.358. The van der Waals surface area contributed by atoms with Crippen LogP contribution in [-0.4, -0.2) is 15.8 Å². The molecule has 0 aromatic rings. The average Bonchev–Trinajstić information content (AvgIpc) is 1.21. The van der Waals surface area contributed by atoms with Gasteiger partial charge in [0.15, 0.2) is 0 Å². The molecule has 0 fully saturated rings. The Balaban J connectivity index is 0. The molecule has 0 aromatic carbocycles. The fourth-order valence-electron chi connectivity index (χ4n) is 0.167. The fourth-order valence-corrected chi connectivity index (χ4v) is 0.502. The fraction of sp³-hybridized carbons (Fsp3) is 0.500. The zero-order chi connectivity index (χ0) is 6.78. The summed E-state index contributed by atoms with van der Waals surface area (Å²) in [6.07, 6.45) is 0. The molecule has 0 radical (unpaired) electrons. The zero-order valence-electron chi connectivity index (χ0n) is 4.57. The quantitative estimate of drug-likeness (QED) is 0.643. The molecule has 0 aromatic heterocycles. The van der Waals surface area contributed by atoms with Gasteiger partial charge in [-0.2, -0.15) is 0 Å². The summed E-state index contributed by atoms with van der Waals surface area (Å²) in [5.41, 5.74) is 0. The molecule has 0 heterocycles. The second kappa shape index (κ2) is 4.74. The smallest absolute Gasteiger partial charge is 0.371 e. The second-order valence-corrected chi connectivity index (χ2v) is 2.24. The minimum atomic E-state index is -4.57. The number of carbonyl (C=O) groups is 1. The normalized spacial score (nSPS) is 9.67. The van der Waals surface area contributed by atoms with Crippen LogP contribution in [0.3, 0.4) is 0 Å². The van der Waals surface area contributed by atoms with Crippen molar-refractivity contribution >= 4 is 13.8 Å². The summed E-state index contributed by atoms with van der Waals surface area (Å²) in [5, 5.41) is 0. The van der Waals surface area contributed by atoms with Gasteiger partial charge < -0.3 is 4.52 Å². The first kappa shape index (κ1) is 12.6. The summed E-state index contributed by atoms with van der Waals surface area (Å²) < 4.78 is 13.2. The van der Waals surface area contributed by atoms with Gasteiger partial charge in [-0.1, -0.05) is 0 Å². The minimum absolute atomic E-state index is 0. The van der Waals surface area contributed by atoms with Gasteiger partial charge in [0.2, 0.25) is 0 Å². The summed E-state index contributed by atoms with van der Waals surface area (Å²) in [6, 6.07) is 0. The molecule has 0 bridgehead atoms.